The van der Waals surface area contributed by atoms with E-state index in [4.69, 9.17) is 5.84 Å². The number of nitrogens with two attached hydrogens (primary N) is 1. The van der Waals surface area contributed by atoms with E-state index in [1.165, 1.54) is 6.07 Å². The Morgan fingerprint density at radius 2 is 2.12 bits per heavy atom. The monoisotopic (exact) mass is 225 g/mol. The molecule has 0 atom stereocenters. The summed E-state index contributed by atoms with van der Waals surface area (Å²) in [4.78, 5) is 4.32. The Balaban J connectivity index is 2.09. The van der Waals surface area contributed by atoms with Crippen molar-refractivity contribution < 1.29 is 8.78 Å². The van der Waals surface area contributed by atoms with E-state index < -0.39 is 11.6 Å². The number of amidine groups is 1. The SMILES string of the molecule is NNC(Cc1ccc(F)c(F)c1)=NC1CC1. The summed E-state index contributed by atoms with van der Waals surface area (Å²) in [6, 6.07) is 4.14. The fraction of sp³-hybridized carbons (Fsp3) is 0.364. The average molecular weight is 225 g/mol. The first kappa shape index (κ1) is 11.0. The van der Waals surface area contributed by atoms with Crippen LogP contribution in [-0.4, -0.2) is 11.9 Å². The molecule has 1 aromatic carbocycles. The largest absolute Gasteiger partial charge is 0.312 e. The molecule has 1 aliphatic carbocycles. The molecule has 0 bridgehead atoms. The third kappa shape index (κ3) is 2.76. The summed E-state index contributed by atoms with van der Waals surface area (Å²) in [7, 11) is 0. The van der Waals surface area contributed by atoms with Gasteiger partial charge in [0.25, 0.3) is 0 Å². The van der Waals surface area contributed by atoms with Crippen molar-refractivity contribution in [3.8, 4) is 0 Å². The van der Waals surface area contributed by atoms with E-state index in [2.05, 4.69) is 10.4 Å². The van der Waals surface area contributed by atoms with Crippen LogP contribution in [0.1, 0.15) is 18.4 Å². The van der Waals surface area contributed by atoms with Gasteiger partial charge in [0.1, 0.15) is 5.84 Å². The molecule has 0 unspecified atom stereocenters. The van der Waals surface area contributed by atoms with Crippen LogP contribution in [0.3, 0.4) is 0 Å². The van der Waals surface area contributed by atoms with Gasteiger partial charge in [0.05, 0.1) is 6.04 Å². The van der Waals surface area contributed by atoms with Crippen LogP contribution in [0.2, 0.25) is 0 Å². The van der Waals surface area contributed by atoms with Gasteiger partial charge in [-0.1, -0.05) is 6.07 Å². The summed E-state index contributed by atoms with van der Waals surface area (Å²) < 4.78 is 25.6. The molecule has 1 aliphatic rings. The third-order valence-electron chi connectivity index (χ3n) is 2.41. The molecular formula is C11H13F2N3. The molecule has 1 fully saturated rings. The molecule has 2 rings (SSSR count). The van der Waals surface area contributed by atoms with Gasteiger partial charge in [0.2, 0.25) is 0 Å². The molecule has 0 amide bonds. The van der Waals surface area contributed by atoms with Crippen molar-refractivity contribution >= 4 is 5.84 Å². The van der Waals surface area contributed by atoms with E-state index in [9.17, 15) is 8.78 Å². The van der Waals surface area contributed by atoms with Gasteiger partial charge in [-0.3, -0.25) is 4.99 Å². The van der Waals surface area contributed by atoms with E-state index in [0.29, 0.717) is 23.9 Å². The molecule has 86 valence electrons. The Bertz CT molecular complexity index is 414. The maximum atomic E-state index is 12.9. The van der Waals surface area contributed by atoms with Gasteiger partial charge >= 0.3 is 0 Å². The molecule has 0 aliphatic heterocycles. The second-order valence-electron chi connectivity index (χ2n) is 3.88. The van der Waals surface area contributed by atoms with Crippen molar-refractivity contribution in [1.29, 1.82) is 0 Å². The van der Waals surface area contributed by atoms with Crippen LogP contribution in [0.25, 0.3) is 0 Å². The normalized spacial score (nSPS) is 16.3. The van der Waals surface area contributed by atoms with Gasteiger partial charge in [0, 0.05) is 6.42 Å². The third-order valence-corrected chi connectivity index (χ3v) is 2.41. The van der Waals surface area contributed by atoms with Crippen molar-refractivity contribution in [1.82, 2.24) is 5.43 Å². The predicted octanol–water partition coefficient (Wildman–Crippen LogP) is 1.53. The molecule has 5 heteroatoms. The molecule has 16 heavy (non-hydrogen) atoms. The Morgan fingerprint density at radius 1 is 1.38 bits per heavy atom. The van der Waals surface area contributed by atoms with Gasteiger partial charge in [0.15, 0.2) is 11.6 Å². The molecule has 3 N–H and O–H groups in total. The van der Waals surface area contributed by atoms with E-state index >= 15 is 0 Å². The lowest BCUT2D eigenvalue weighted by molar-refractivity contribution is 0.507. The number of hydrogen-bond acceptors (Lipinski definition) is 2. The number of nitrogens with one attached hydrogen (secondary N) is 1. The Morgan fingerprint density at radius 3 is 2.69 bits per heavy atom. The number of nitrogens with zero attached hydrogens (tertiary/aromatic N) is 1. The number of hydrogen-bond donors (Lipinski definition) is 2. The molecule has 0 radical (unpaired) electrons. The highest BCUT2D eigenvalue weighted by molar-refractivity contribution is 5.84. The number of benzene rings is 1. The zero-order valence-electron chi connectivity index (χ0n) is 8.71. The fourth-order valence-electron chi connectivity index (χ4n) is 1.40. The van der Waals surface area contributed by atoms with E-state index in [0.717, 1.165) is 25.0 Å². The van der Waals surface area contributed by atoms with Gasteiger partial charge in [-0.2, -0.15) is 0 Å². The minimum atomic E-state index is -0.847. The van der Waals surface area contributed by atoms with Crippen molar-refractivity contribution in [2.45, 2.75) is 25.3 Å². The zero-order valence-corrected chi connectivity index (χ0v) is 8.71. The average Bonchev–Trinajstić information content (AvgIpc) is 3.06. The minimum Gasteiger partial charge on any atom is -0.312 e. The maximum absolute atomic E-state index is 12.9. The first-order chi connectivity index (χ1) is 7.69. The van der Waals surface area contributed by atoms with Crippen molar-refractivity contribution in [3.63, 3.8) is 0 Å². The van der Waals surface area contributed by atoms with Crippen LogP contribution >= 0.6 is 0 Å². The van der Waals surface area contributed by atoms with Crippen LogP contribution < -0.4 is 11.3 Å². The molecule has 1 aromatic rings. The molecule has 0 aromatic heterocycles. The molecule has 3 nitrogen and oxygen atoms in total. The lowest BCUT2D eigenvalue weighted by atomic mass is 10.1. The van der Waals surface area contributed by atoms with Crippen LogP contribution in [0, 0.1) is 11.6 Å². The van der Waals surface area contributed by atoms with Crippen LogP contribution in [0.15, 0.2) is 23.2 Å². The molecule has 1 saturated carbocycles. The minimum absolute atomic E-state index is 0.344. The summed E-state index contributed by atoms with van der Waals surface area (Å²) >= 11 is 0. The van der Waals surface area contributed by atoms with E-state index in [1.54, 1.807) is 0 Å². The van der Waals surface area contributed by atoms with Crippen LogP contribution in [0.4, 0.5) is 8.78 Å². The molecule has 0 spiro atoms. The van der Waals surface area contributed by atoms with Gasteiger partial charge < -0.3 is 5.43 Å². The number of aliphatic imine (C=N–C) groups is 1. The molecule has 0 saturated heterocycles. The lowest BCUT2D eigenvalue weighted by Gasteiger charge is -2.06. The zero-order chi connectivity index (χ0) is 11.5. The smallest absolute Gasteiger partial charge is 0.159 e. The quantitative estimate of drug-likeness (QED) is 0.355. The number of rotatable bonds is 3. The summed E-state index contributed by atoms with van der Waals surface area (Å²) in [6.07, 6.45) is 2.54. The highest BCUT2D eigenvalue weighted by atomic mass is 19.2. The number of hydrazine groups is 1. The topological polar surface area (TPSA) is 50.4 Å². The predicted molar refractivity (Wildman–Crippen MR) is 57.8 cm³/mol. The maximum Gasteiger partial charge on any atom is 0.159 e. The Labute approximate surface area is 92.3 Å². The van der Waals surface area contributed by atoms with E-state index in [-0.39, 0.29) is 0 Å². The Kier molecular flexibility index (Phi) is 3.14. The van der Waals surface area contributed by atoms with Crippen molar-refractivity contribution in [3.05, 3.63) is 35.4 Å². The molecular weight excluding hydrogens is 212 g/mol. The standard InChI is InChI=1S/C11H13F2N3/c12-9-4-1-7(5-10(9)13)6-11(16-14)15-8-2-3-8/h1,4-5,8H,2-3,6,14H2,(H,15,16). The van der Waals surface area contributed by atoms with Gasteiger partial charge in [-0.15, -0.1) is 0 Å². The summed E-state index contributed by atoms with van der Waals surface area (Å²) in [5.74, 6) is 4.23. The number of halogens is 2. The molecule has 0 heterocycles. The first-order valence-electron chi connectivity index (χ1n) is 5.16. The van der Waals surface area contributed by atoms with Crippen LogP contribution in [0.5, 0.6) is 0 Å². The van der Waals surface area contributed by atoms with Gasteiger partial charge in [-0.25, -0.2) is 14.6 Å². The lowest BCUT2D eigenvalue weighted by Crippen LogP contribution is -2.32. The second kappa shape index (κ2) is 4.57. The Hall–Kier alpha value is -1.49. The van der Waals surface area contributed by atoms with Gasteiger partial charge in [-0.05, 0) is 30.5 Å². The fourth-order valence-corrected chi connectivity index (χ4v) is 1.40. The van der Waals surface area contributed by atoms with E-state index in [1.807, 2.05) is 0 Å². The van der Waals surface area contributed by atoms with Crippen LogP contribution in [-0.2, 0) is 6.42 Å². The second-order valence-corrected chi connectivity index (χ2v) is 3.88. The summed E-state index contributed by atoms with van der Waals surface area (Å²) in [5, 5.41) is 0. The highest BCUT2D eigenvalue weighted by Gasteiger charge is 2.20. The summed E-state index contributed by atoms with van der Waals surface area (Å²) in [5.41, 5.74) is 3.14. The highest BCUT2D eigenvalue weighted by Crippen LogP contribution is 2.23. The first-order valence-corrected chi connectivity index (χ1v) is 5.16. The van der Waals surface area contributed by atoms with Crippen molar-refractivity contribution in [2.24, 2.45) is 10.8 Å². The summed E-state index contributed by atoms with van der Waals surface area (Å²) in [6.45, 7) is 0. The van der Waals surface area contributed by atoms with Crippen molar-refractivity contribution in [2.75, 3.05) is 0 Å².